The van der Waals surface area contributed by atoms with Crippen LogP contribution in [0, 0.1) is 6.92 Å². The highest BCUT2D eigenvalue weighted by molar-refractivity contribution is 5.82. The molecule has 2 amide bonds. The van der Waals surface area contributed by atoms with Crippen LogP contribution in [0.3, 0.4) is 0 Å². The van der Waals surface area contributed by atoms with Crippen molar-refractivity contribution in [1.82, 2.24) is 10.6 Å². The SMILES string of the molecule is CC[C@@H](NC(=O)NCCc1ccccc1C)C(=O)O. The van der Waals surface area contributed by atoms with E-state index in [0.717, 1.165) is 6.42 Å². The molecular formula is C14H20N2O3. The molecule has 3 N–H and O–H groups in total. The highest BCUT2D eigenvalue weighted by Crippen LogP contribution is 2.06. The summed E-state index contributed by atoms with van der Waals surface area (Å²) in [5, 5.41) is 13.9. The molecule has 0 aliphatic heterocycles. The van der Waals surface area contributed by atoms with E-state index in [-0.39, 0.29) is 0 Å². The molecule has 0 aliphatic rings. The monoisotopic (exact) mass is 264 g/mol. The van der Waals surface area contributed by atoms with Gasteiger partial charge in [-0.15, -0.1) is 0 Å². The molecule has 0 saturated carbocycles. The fourth-order valence-electron chi connectivity index (χ4n) is 1.75. The molecule has 1 aromatic rings. The number of hydrogen-bond acceptors (Lipinski definition) is 2. The summed E-state index contributed by atoms with van der Waals surface area (Å²) in [6, 6.07) is 6.69. The molecule has 0 unspecified atom stereocenters. The minimum atomic E-state index is -1.02. The number of carbonyl (C=O) groups excluding carboxylic acids is 1. The number of carboxylic acids is 1. The molecule has 1 atom stereocenters. The minimum absolute atomic E-state index is 0.362. The summed E-state index contributed by atoms with van der Waals surface area (Å²) in [7, 11) is 0. The molecule has 0 heterocycles. The van der Waals surface area contributed by atoms with Crippen LogP contribution in [0.25, 0.3) is 0 Å². The molecule has 0 aromatic heterocycles. The van der Waals surface area contributed by atoms with E-state index >= 15 is 0 Å². The normalized spacial score (nSPS) is 11.7. The van der Waals surface area contributed by atoms with Crippen LogP contribution >= 0.6 is 0 Å². The number of urea groups is 1. The van der Waals surface area contributed by atoms with Gasteiger partial charge in [0.05, 0.1) is 0 Å². The Hall–Kier alpha value is -2.04. The Kier molecular flexibility index (Phi) is 5.85. The molecule has 0 spiro atoms. The lowest BCUT2D eigenvalue weighted by atomic mass is 10.1. The maximum absolute atomic E-state index is 11.5. The number of benzene rings is 1. The van der Waals surface area contributed by atoms with Crippen LogP contribution in [0.1, 0.15) is 24.5 Å². The third-order valence-corrected chi connectivity index (χ3v) is 2.95. The van der Waals surface area contributed by atoms with Gasteiger partial charge in [-0.2, -0.15) is 0 Å². The molecule has 0 fully saturated rings. The lowest BCUT2D eigenvalue weighted by molar-refractivity contribution is -0.139. The molecule has 0 radical (unpaired) electrons. The lowest BCUT2D eigenvalue weighted by Gasteiger charge is -2.13. The molecular weight excluding hydrogens is 244 g/mol. The van der Waals surface area contributed by atoms with Gasteiger partial charge in [0, 0.05) is 6.54 Å². The van der Waals surface area contributed by atoms with Gasteiger partial charge in [-0.25, -0.2) is 9.59 Å². The van der Waals surface area contributed by atoms with Crippen molar-refractivity contribution in [2.24, 2.45) is 0 Å². The summed E-state index contributed by atoms with van der Waals surface area (Å²) in [6.07, 6.45) is 1.09. The third kappa shape index (κ3) is 4.99. The maximum Gasteiger partial charge on any atom is 0.326 e. The average molecular weight is 264 g/mol. The van der Waals surface area contributed by atoms with Crippen LogP contribution in [-0.4, -0.2) is 29.7 Å². The van der Waals surface area contributed by atoms with Gasteiger partial charge in [0.15, 0.2) is 0 Å². The Labute approximate surface area is 113 Å². The number of aryl methyl sites for hydroxylation is 1. The van der Waals surface area contributed by atoms with Gasteiger partial charge in [0.1, 0.15) is 6.04 Å². The van der Waals surface area contributed by atoms with E-state index in [0.29, 0.717) is 13.0 Å². The standard InChI is InChI=1S/C14H20N2O3/c1-3-12(13(17)18)16-14(19)15-9-8-11-7-5-4-6-10(11)2/h4-7,12H,3,8-9H2,1-2H3,(H,17,18)(H2,15,16,19)/t12-/m1/s1. The van der Waals surface area contributed by atoms with Crippen molar-refractivity contribution in [3.8, 4) is 0 Å². The highest BCUT2D eigenvalue weighted by Gasteiger charge is 2.16. The Balaban J connectivity index is 2.35. The zero-order chi connectivity index (χ0) is 14.3. The molecule has 0 saturated heterocycles. The molecule has 5 nitrogen and oxygen atoms in total. The number of amides is 2. The number of rotatable bonds is 6. The van der Waals surface area contributed by atoms with Crippen LogP contribution in [0.5, 0.6) is 0 Å². The van der Waals surface area contributed by atoms with Gasteiger partial charge in [-0.1, -0.05) is 31.2 Å². The molecule has 5 heteroatoms. The van der Waals surface area contributed by atoms with E-state index in [1.807, 2.05) is 31.2 Å². The van der Waals surface area contributed by atoms with Gasteiger partial charge in [0.2, 0.25) is 0 Å². The van der Waals surface area contributed by atoms with Crippen molar-refractivity contribution in [2.75, 3.05) is 6.54 Å². The first-order valence-electron chi connectivity index (χ1n) is 6.36. The zero-order valence-electron chi connectivity index (χ0n) is 11.3. The molecule has 0 aliphatic carbocycles. The first-order valence-corrected chi connectivity index (χ1v) is 6.36. The second-order valence-electron chi connectivity index (χ2n) is 4.38. The Bertz CT molecular complexity index is 446. The number of nitrogens with one attached hydrogen (secondary N) is 2. The number of hydrogen-bond donors (Lipinski definition) is 3. The van der Waals surface area contributed by atoms with Gasteiger partial charge in [-0.3, -0.25) is 0 Å². The Morgan fingerprint density at radius 2 is 2.00 bits per heavy atom. The van der Waals surface area contributed by atoms with Gasteiger partial charge in [0.25, 0.3) is 0 Å². The summed E-state index contributed by atoms with van der Waals surface area (Å²) in [5.74, 6) is -1.02. The summed E-state index contributed by atoms with van der Waals surface area (Å²) in [4.78, 5) is 22.3. The van der Waals surface area contributed by atoms with Crippen LogP contribution < -0.4 is 10.6 Å². The lowest BCUT2D eigenvalue weighted by Crippen LogP contribution is -2.46. The zero-order valence-corrected chi connectivity index (χ0v) is 11.3. The van der Waals surface area contributed by atoms with E-state index in [4.69, 9.17) is 5.11 Å². The van der Waals surface area contributed by atoms with Gasteiger partial charge < -0.3 is 15.7 Å². The summed E-state index contributed by atoms with van der Waals surface area (Å²) < 4.78 is 0. The first kappa shape index (κ1) is 15.0. The smallest absolute Gasteiger partial charge is 0.326 e. The number of carbonyl (C=O) groups is 2. The number of aliphatic carboxylic acids is 1. The fraction of sp³-hybridized carbons (Fsp3) is 0.429. The van der Waals surface area contributed by atoms with Crippen LogP contribution in [-0.2, 0) is 11.2 Å². The predicted molar refractivity (Wildman–Crippen MR) is 73.1 cm³/mol. The predicted octanol–water partition coefficient (Wildman–Crippen LogP) is 1.70. The van der Waals surface area contributed by atoms with Crippen LogP contribution in [0.15, 0.2) is 24.3 Å². The number of carboxylic acid groups (broad SMARTS) is 1. The van der Waals surface area contributed by atoms with E-state index < -0.39 is 18.0 Å². The second kappa shape index (κ2) is 7.41. The quantitative estimate of drug-likeness (QED) is 0.731. The van der Waals surface area contributed by atoms with Crippen molar-refractivity contribution >= 4 is 12.0 Å². The summed E-state index contributed by atoms with van der Waals surface area (Å²) >= 11 is 0. The first-order chi connectivity index (χ1) is 9.04. The van der Waals surface area contributed by atoms with E-state index in [1.165, 1.54) is 11.1 Å². The molecule has 1 rings (SSSR count). The average Bonchev–Trinajstić information content (AvgIpc) is 2.38. The molecule has 0 bridgehead atoms. The molecule has 104 valence electrons. The van der Waals surface area contributed by atoms with E-state index in [9.17, 15) is 9.59 Å². The van der Waals surface area contributed by atoms with Crippen molar-refractivity contribution in [3.05, 3.63) is 35.4 Å². The Morgan fingerprint density at radius 1 is 1.32 bits per heavy atom. The minimum Gasteiger partial charge on any atom is -0.480 e. The fourth-order valence-corrected chi connectivity index (χ4v) is 1.75. The maximum atomic E-state index is 11.5. The second-order valence-corrected chi connectivity index (χ2v) is 4.38. The highest BCUT2D eigenvalue weighted by atomic mass is 16.4. The summed E-state index contributed by atoms with van der Waals surface area (Å²) in [5.41, 5.74) is 2.36. The van der Waals surface area contributed by atoms with Crippen LogP contribution in [0.4, 0.5) is 4.79 Å². The van der Waals surface area contributed by atoms with E-state index in [1.54, 1.807) is 6.92 Å². The van der Waals surface area contributed by atoms with E-state index in [2.05, 4.69) is 10.6 Å². The van der Waals surface area contributed by atoms with Crippen molar-refractivity contribution in [1.29, 1.82) is 0 Å². The molecule has 1 aromatic carbocycles. The van der Waals surface area contributed by atoms with Crippen molar-refractivity contribution in [2.45, 2.75) is 32.7 Å². The summed E-state index contributed by atoms with van der Waals surface area (Å²) in [6.45, 7) is 4.21. The topological polar surface area (TPSA) is 78.4 Å². The van der Waals surface area contributed by atoms with Crippen molar-refractivity contribution in [3.63, 3.8) is 0 Å². The molecule has 19 heavy (non-hydrogen) atoms. The van der Waals surface area contributed by atoms with Gasteiger partial charge in [-0.05, 0) is 30.9 Å². The van der Waals surface area contributed by atoms with Crippen LogP contribution in [0.2, 0.25) is 0 Å². The van der Waals surface area contributed by atoms with Crippen molar-refractivity contribution < 1.29 is 14.7 Å². The Morgan fingerprint density at radius 3 is 2.58 bits per heavy atom. The largest absolute Gasteiger partial charge is 0.480 e. The third-order valence-electron chi connectivity index (χ3n) is 2.95. The van der Waals surface area contributed by atoms with Gasteiger partial charge >= 0.3 is 12.0 Å².